The fourth-order valence-electron chi connectivity index (χ4n) is 2.16. The fraction of sp³-hybridized carbons (Fsp3) is 0.353. The van der Waals surface area contributed by atoms with E-state index in [-0.39, 0.29) is 11.8 Å². The standard InChI is InChI=1S/C17H21N3O2S/c18-15(21)9-5-2-6-10-16(22)19-11-17-20-14(12-23-17)13-7-3-1-4-8-13/h1,3-4,7-8,12H,2,5-6,9-11H2,(H2,18,21)(H,19,22). The van der Waals surface area contributed by atoms with Crippen molar-refractivity contribution in [1.82, 2.24) is 10.3 Å². The first kappa shape index (κ1) is 17.1. The van der Waals surface area contributed by atoms with Crippen LogP contribution in [0.25, 0.3) is 11.3 Å². The van der Waals surface area contributed by atoms with Gasteiger partial charge in [-0.1, -0.05) is 36.8 Å². The van der Waals surface area contributed by atoms with Crippen molar-refractivity contribution in [2.24, 2.45) is 5.73 Å². The van der Waals surface area contributed by atoms with E-state index in [4.69, 9.17) is 5.73 Å². The van der Waals surface area contributed by atoms with Crippen LogP contribution in [0.2, 0.25) is 0 Å². The van der Waals surface area contributed by atoms with Crippen molar-refractivity contribution >= 4 is 23.2 Å². The van der Waals surface area contributed by atoms with Crippen LogP contribution in [0.1, 0.15) is 37.1 Å². The summed E-state index contributed by atoms with van der Waals surface area (Å²) in [6.07, 6.45) is 3.21. The Morgan fingerprint density at radius 1 is 1.09 bits per heavy atom. The van der Waals surface area contributed by atoms with Crippen molar-refractivity contribution in [3.63, 3.8) is 0 Å². The molecule has 3 N–H and O–H groups in total. The first-order chi connectivity index (χ1) is 11.1. The summed E-state index contributed by atoms with van der Waals surface area (Å²) in [5.41, 5.74) is 7.08. The number of thiazole rings is 1. The normalized spacial score (nSPS) is 10.4. The third-order valence-electron chi connectivity index (χ3n) is 3.39. The summed E-state index contributed by atoms with van der Waals surface area (Å²) in [6, 6.07) is 9.97. The van der Waals surface area contributed by atoms with Gasteiger partial charge in [0.15, 0.2) is 0 Å². The molecule has 0 aliphatic rings. The SMILES string of the molecule is NC(=O)CCCCCC(=O)NCc1nc(-c2ccccc2)cs1. The van der Waals surface area contributed by atoms with Crippen LogP contribution >= 0.6 is 11.3 Å². The number of nitrogens with one attached hydrogen (secondary N) is 1. The number of hydrogen-bond donors (Lipinski definition) is 2. The van der Waals surface area contributed by atoms with Gasteiger partial charge in [-0.2, -0.15) is 0 Å². The lowest BCUT2D eigenvalue weighted by atomic mass is 10.1. The number of primary amides is 1. The molecule has 0 aliphatic carbocycles. The summed E-state index contributed by atoms with van der Waals surface area (Å²) in [4.78, 5) is 26.9. The Kier molecular flexibility index (Phi) is 6.75. The zero-order valence-corrected chi connectivity index (χ0v) is 13.8. The monoisotopic (exact) mass is 331 g/mol. The highest BCUT2D eigenvalue weighted by atomic mass is 32.1. The minimum atomic E-state index is -0.285. The maximum atomic E-state index is 11.8. The van der Waals surface area contributed by atoms with Crippen LogP contribution in [0.5, 0.6) is 0 Å². The lowest BCUT2D eigenvalue weighted by Crippen LogP contribution is -2.22. The largest absolute Gasteiger partial charge is 0.370 e. The molecule has 0 unspecified atom stereocenters. The number of amides is 2. The lowest BCUT2D eigenvalue weighted by Gasteiger charge is -2.03. The van der Waals surface area contributed by atoms with Crippen LogP contribution in [0.15, 0.2) is 35.7 Å². The minimum absolute atomic E-state index is 0.0144. The topological polar surface area (TPSA) is 85.1 Å². The molecule has 2 amide bonds. The van der Waals surface area contributed by atoms with E-state index in [1.54, 1.807) is 11.3 Å². The summed E-state index contributed by atoms with van der Waals surface area (Å²) >= 11 is 1.54. The third kappa shape index (κ3) is 6.20. The van der Waals surface area contributed by atoms with Gasteiger partial charge < -0.3 is 11.1 Å². The van der Waals surface area contributed by atoms with Crippen molar-refractivity contribution in [3.8, 4) is 11.3 Å². The second kappa shape index (κ2) is 9.05. The first-order valence-electron chi connectivity index (χ1n) is 7.70. The minimum Gasteiger partial charge on any atom is -0.370 e. The molecule has 1 heterocycles. The zero-order chi connectivity index (χ0) is 16.5. The molecule has 0 saturated carbocycles. The molecular formula is C17H21N3O2S. The maximum absolute atomic E-state index is 11.8. The van der Waals surface area contributed by atoms with Crippen molar-refractivity contribution in [2.75, 3.05) is 0 Å². The maximum Gasteiger partial charge on any atom is 0.220 e. The Labute approximate surface area is 139 Å². The van der Waals surface area contributed by atoms with Gasteiger partial charge in [0.05, 0.1) is 12.2 Å². The second-order valence-electron chi connectivity index (χ2n) is 5.30. The van der Waals surface area contributed by atoms with Gasteiger partial charge >= 0.3 is 0 Å². The van der Waals surface area contributed by atoms with E-state index in [0.29, 0.717) is 19.4 Å². The number of rotatable bonds is 9. The van der Waals surface area contributed by atoms with Crippen LogP contribution < -0.4 is 11.1 Å². The molecule has 0 fully saturated rings. The smallest absolute Gasteiger partial charge is 0.220 e. The van der Waals surface area contributed by atoms with Gasteiger partial charge in [0.1, 0.15) is 5.01 Å². The molecule has 0 spiro atoms. The Hall–Kier alpha value is -2.21. The highest BCUT2D eigenvalue weighted by Gasteiger charge is 2.06. The van der Waals surface area contributed by atoms with Crippen molar-refractivity contribution in [2.45, 2.75) is 38.6 Å². The highest BCUT2D eigenvalue weighted by molar-refractivity contribution is 7.09. The van der Waals surface area contributed by atoms with Gasteiger partial charge in [-0.25, -0.2) is 4.98 Å². The predicted molar refractivity (Wildman–Crippen MR) is 91.7 cm³/mol. The Balaban J connectivity index is 1.69. The number of aromatic nitrogens is 1. The number of carbonyl (C=O) groups excluding carboxylic acids is 2. The summed E-state index contributed by atoms with van der Waals surface area (Å²) in [7, 11) is 0. The van der Waals surface area contributed by atoms with Gasteiger partial charge in [-0.3, -0.25) is 9.59 Å². The lowest BCUT2D eigenvalue weighted by molar-refractivity contribution is -0.121. The fourth-order valence-corrected chi connectivity index (χ4v) is 2.90. The van der Waals surface area contributed by atoms with E-state index in [1.165, 1.54) is 0 Å². The molecule has 23 heavy (non-hydrogen) atoms. The van der Waals surface area contributed by atoms with Crippen LogP contribution in [-0.2, 0) is 16.1 Å². The van der Waals surface area contributed by atoms with Gasteiger partial charge in [0.2, 0.25) is 11.8 Å². The molecule has 1 aromatic heterocycles. The van der Waals surface area contributed by atoms with Crippen LogP contribution in [0.3, 0.4) is 0 Å². The van der Waals surface area contributed by atoms with E-state index in [2.05, 4.69) is 10.3 Å². The van der Waals surface area contributed by atoms with E-state index < -0.39 is 0 Å². The number of nitrogens with zero attached hydrogens (tertiary/aromatic N) is 1. The Morgan fingerprint density at radius 2 is 1.83 bits per heavy atom. The predicted octanol–water partition coefficient (Wildman–Crippen LogP) is 2.86. The number of unbranched alkanes of at least 4 members (excludes halogenated alkanes) is 2. The van der Waals surface area contributed by atoms with Crippen LogP contribution in [0, 0.1) is 0 Å². The number of hydrogen-bond acceptors (Lipinski definition) is 4. The average Bonchev–Trinajstić information content (AvgIpc) is 3.02. The van der Waals surface area contributed by atoms with Gasteiger partial charge in [-0.15, -0.1) is 11.3 Å². The molecule has 122 valence electrons. The molecule has 0 bridgehead atoms. The molecule has 0 atom stereocenters. The first-order valence-corrected chi connectivity index (χ1v) is 8.58. The Morgan fingerprint density at radius 3 is 2.57 bits per heavy atom. The van der Waals surface area contributed by atoms with Gasteiger partial charge in [-0.05, 0) is 12.8 Å². The van der Waals surface area contributed by atoms with Crippen LogP contribution in [-0.4, -0.2) is 16.8 Å². The van der Waals surface area contributed by atoms with E-state index >= 15 is 0 Å². The molecule has 5 nitrogen and oxygen atoms in total. The molecule has 0 saturated heterocycles. The van der Waals surface area contributed by atoms with Crippen molar-refractivity contribution in [3.05, 3.63) is 40.7 Å². The van der Waals surface area contributed by atoms with Gasteiger partial charge in [0.25, 0.3) is 0 Å². The zero-order valence-electron chi connectivity index (χ0n) is 13.0. The number of benzene rings is 1. The number of carbonyl (C=O) groups is 2. The number of nitrogens with two attached hydrogens (primary N) is 1. The van der Waals surface area contributed by atoms with Crippen molar-refractivity contribution in [1.29, 1.82) is 0 Å². The molecule has 6 heteroatoms. The third-order valence-corrected chi connectivity index (χ3v) is 4.23. The van der Waals surface area contributed by atoms with Crippen molar-refractivity contribution < 1.29 is 9.59 Å². The van der Waals surface area contributed by atoms with E-state index in [0.717, 1.165) is 35.5 Å². The Bertz CT molecular complexity index is 640. The summed E-state index contributed by atoms with van der Waals surface area (Å²) in [6.45, 7) is 0.456. The summed E-state index contributed by atoms with van der Waals surface area (Å²) in [5.74, 6) is -0.270. The van der Waals surface area contributed by atoms with Gasteiger partial charge in [0, 0.05) is 23.8 Å². The molecule has 2 aromatic rings. The summed E-state index contributed by atoms with van der Waals surface area (Å²) < 4.78 is 0. The van der Waals surface area contributed by atoms with E-state index in [9.17, 15) is 9.59 Å². The summed E-state index contributed by atoms with van der Waals surface area (Å²) in [5, 5.41) is 5.78. The average molecular weight is 331 g/mol. The second-order valence-corrected chi connectivity index (χ2v) is 6.24. The quantitative estimate of drug-likeness (QED) is 0.693. The molecule has 1 aromatic carbocycles. The molecule has 0 aliphatic heterocycles. The molecule has 2 rings (SSSR count). The molecule has 0 radical (unpaired) electrons. The molecular weight excluding hydrogens is 310 g/mol. The highest BCUT2D eigenvalue weighted by Crippen LogP contribution is 2.21. The van der Waals surface area contributed by atoms with Crippen LogP contribution in [0.4, 0.5) is 0 Å². The van der Waals surface area contributed by atoms with E-state index in [1.807, 2.05) is 35.7 Å².